The third kappa shape index (κ3) is 3.25. The van der Waals surface area contributed by atoms with Gasteiger partial charge in [-0.1, -0.05) is 18.2 Å². The number of benzene rings is 2. The van der Waals surface area contributed by atoms with Crippen molar-refractivity contribution in [3.8, 4) is 22.8 Å². The van der Waals surface area contributed by atoms with E-state index in [2.05, 4.69) is 22.1 Å². The second kappa shape index (κ2) is 7.44. The zero-order valence-corrected chi connectivity index (χ0v) is 15.6. The van der Waals surface area contributed by atoms with E-state index in [-0.39, 0.29) is 0 Å². The second-order valence-electron chi connectivity index (χ2n) is 7.13. The molecule has 0 amide bonds. The van der Waals surface area contributed by atoms with Crippen LogP contribution >= 0.6 is 0 Å². The van der Waals surface area contributed by atoms with Crippen LogP contribution in [0.1, 0.15) is 18.9 Å². The zero-order valence-electron chi connectivity index (χ0n) is 15.6. The first-order chi connectivity index (χ1) is 13.9. The van der Waals surface area contributed by atoms with E-state index in [9.17, 15) is 0 Å². The van der Waals surface area contributed by atoms with Crippen LogP contribution in [0.3, 0.4) is 0 Å². The van der Waals surface area contributed by atoms with Crippen molar-refractivity contribution in [3.05, 3.63) is 73.1 Å². The summed E-state index contributed by atoms with van der Waals surface area (Å²) in [5.74, 6) is 1.64. The second-order valence-corrected chi connectivity index (χ2v) is 7.13. The first-order valence-electron chi connectivity index (χ1n) is 9.75. The lowest BCUT2D eigenvalue weighted by atomic mass is 10.1. The Labute approximate surface area is 164 Å². The molecule has 0 aliphatic carbocycles. The average Bonchev–Trinajstić information content (AvgIpc) is 3.20. The van der Waals surface area contributed by atoms with Crippen molar-refractivity contribution in [2.45, 2.75) is 18.9 Å². The molecule has 28 heavy (non-hydrogen) atoms. The molecule has 1 aliphatic rings. The highest BCUT2D eigenvalue weighted by Gasteiger charge is 2.20. The molecule has 0 saturated carbocycles. The number of hydrogen-bond acceptors (Lipinski definition) is 4. The Morgan fingerprint density at radius 3 is 2.57 bits per heavy atom. The zero-order chi connectivity index (χ0) is 18.8. The molecule has 140 valence electrons. The van der Waals surface area contributed by atoms with Crippen LogP contribution in [0.15, 0.2) is 73.1 Å². The molecule has 1 atom stereocenters. The Morgan fingerprint density at radius 1 is 0.964 bits per heavy atom. The first-order valence-corrected chi connectivity index (χ1v) is 9.75. The number of rotatable bonds is 4. The smallest absolute Gasteiger partial charge is 0.127 e. The standard InChI is InChI=1S/C23H22N4O/c1-2-6-20(7-3-1)28-21-10-8-17(9-11-21)22-23-18(12-14-25-22)15-26-27(23)19-5-4-13-24-16-19/h1-3,6-12,14-15,19,24H,4-5,13,16H2. The molecule has 1 fully saturated rings. The number of fused-ring (bicyclic) bond motifs is 1. The van der Waals surface area contributed by atoms with E-state index in [0.717, 1.165) is 53.2 Å². The summed E-state index contributed by atoms with van der Waals surface area (Å²) >= 11 is 0. The van der Waals surface area contributed by atoms with Gasteiger partial charge < -0.3 is 10.1 Å². The van der Waals surface area contributed by atoms with Crippen LogP contribution in [-0.4, -0.2) is 27.9 Å². The van der Waals surface area contributed by atoms with Crippen molar-refractivity contribution in [3.63, 3.8) is 0 Å². The maximum atomic E-state index is 5.91. The van der Waals surface area contributed by atoms with Crippen molar-refractivity contribution in [1.82, 2.24) is 20.1 Å². The van der Waals surface area contributed by atoms with Gasteiger partial charge in [0.2, 0.25) is 0 Å². The van der Waals surface area contributed by atoms with Gasteiger partial charge in [0, 0.05) is 23.7 Å². The first kappa shape index (κ1) is 17.0. The van der Waals surface area contributed by atoms with Crippen LogP contribution in [-0.2, 0) is 0 Å². The Bertz CT molecular complexity index is 1070. The molecule has 2 aromatic heterocycles. The number of hydrogen-bond donors (Lipinski definition) is 1. The Kier molecular flexibility index (Phi) is 4.51. The van der Waals surface area contributed by atoms with E-state index < -0.39 is 0 Å². The minimum absolute atomic E-state index is 0.370. The van der Waals surface area contributed by atoms with Gasteiger partial charge in [0.1, 0.15) is 11.5 Å². The third-order valence-corrected chi connectivity index (χ3v) is 5.23. The van der Waals surface area contributed by atoms with Gasteiger partial charge in [-0.25, -0.2) is 0 Å². The molecule has 1 saturated heterocycles. The lowest BCUT2D eigenvalue weighted by Crippen LogP contribution is -2.32. The van der Waals surface area contributed by atoms with Gasteiger partial charge in [-0.05, 0) is 61.9 Å². The van der Waals surface area contributed by atoms with E-state index in [1.54, 1.807) is 0 Å². The van der Waals surface area contributed by atoms with Gasteiger partial charge in [-0.2, -0.15) is 5.10 Å². The number of para-hydroxylation sites is 1. The molecule has 4 aromatic rings. The molecule has 5 nitrogen and oxygen atoms in total. The van der Waals surface area contributed by atoms with E-state index in [1.165, 1.54) is 6.42 Å². The van der Waals surface area contributed by atoms with Crippen LogP contribution in [0.4, 0.5) is 0 Å². The predicted molar refractivity (Wildman–Crippen MR) is 111 cm³/mol. The summed E-state index contributed by atoms with van der Waals surface area (Å²) in [6.07, 6.45) is 6.12. The van der Waals surface area contributed by atoms with Crippen LogP contribution in [0.2, 0.25) is 0 Å². The molecule has 1 N–H and O–H groups in total. The van der Waals surface area contributed by atoms with Crippen LogP contribution in [0.25, 0.3) is 22.2 Å². The summed E-state index contributed by atoms with van der Waals surface area (Å²) in [5, 5.41) is 9.30. The van der Waals surface area contributed by atoms with Gasteiger partial charge in [-0.15, -0.1) is 0 Å². The van der Waals surface area contributed by atoms with E-state index in [1.807, 2.05) is 60.9 Å². The normalized spacial score (nSPS) is 16.9. The van der Waals surface area contributed by atoms with E-state index in [4.69, 9.17) is 14.8 Å². The fourth-order valence-corrected chi connectivity index (χ4v) is 3.83. The molecule has 0 bridgehead atoms. The highest BCUT2D eigenvalue weighted by atomic mass is 16.5. The van der Waals surface area contributed by atoms with Crippen LogP contribution in [0, 0.1) is 0 Å². The summed E-state index contributed by atoms with van der Waals surface area (Å²) in [6.45, 7) is 2.04. The molecule has 5 rings (SSSR count). The van der Waals surface area contributed by atoms with Gasteiger partial charge in [0.15, 0.2) is 0 Å². The summed E-state index contributed by atoms with van der Waals surface area (Å²) in [4.78, 5) is 4.70. The maximum Gasteiger partial charge on any atom is 0.127 e. The highest BCUT2D eigenvalue weighted by Crippen LogP contribution is 2.31. The van der Waals surface area contributed by atoms with Crippen molar-refractivity contribution < 1.29 is 4.74 Å². The lowest BCUT2D eigenvalue weighted by Gasteiger charge is -2.24. The van der Waals surface area contributed by atoms with Crippen molar-refractivity contribution >= 4 is 10.9 Å². The molecular formula is C23H22N4O. The summed E-state index contributed by atoms with van der Waals surface area (Å²) in [7, 11) is 0. The average molecular weight is 370 g/mol. The highest BCUT2D eigenvalue weighted by molar-refractivity contribution is 5.91. The number of aromatic nitrogens is 3. The molecular weight excluding hydrogens is 348 g/mol. The minimum Gasteiger partial charge on any atom is -0.457 e. The van der Waals surface area contributed by atoms with Crippen LogP contribution in [0.5, 0.6) is 11.5 Å². The number of ether oxygens (including phenoxy) is 1. The monoisotopic (exact) mass is 370 g/mol. The van der Waals surface area contributed by atoms with Crippen molar-refractivity contribution in [2.75, 3.05) is 13.1 Å². The van der Waals surface area contributed by atoms with E-state index >= 15 is 0 Å². The number of pyridine rings is 1. The molecule has 1 unspecified atom stereocenters. The Balaban J connectivity index is 1.49. The minimum atomic E-state index is 0.370. The van der Waals surface area contributed by atoms with Gasteiger partial charge in [0.05, 0.1) is 23.4 Å². The van der Waals surface area contributed by atoms with Gasteiger partial charge in [-0.3, -0.25) is 9.67 Å². The number of nitrogens with zero attached hydrogens (tertiary/aromatic N) is 3. The molecule has 1 aliphatic heterocycles. The van der Waals surface area contributed by atoms with Crippen LogP contribution < -0.4 is 10.1 Å². The van der Waals surface area contributed by atoms with Gasteiger partial charge in [0.25, 0.3) is 0 Å². The molecule has 5 heteroatoms. The van der Waals surface area contributed by atoms with Crippen molar-refractivity contribution in [1.29, 1.82) is 0 Å². The lowest BCUT2D eigenvalue weighted by molar-refractivity contribution is 0.355. The Morgan fingerprint density at radius 2 is 1.79 bits per heavy atom. The summed E-state index contributed by atoms with van der Waals surface area (Å²) in [6, 6.07) is 20.3. The topological polar surface area (TPSA) is 52.0 Å². The predicted octanol–water partition coefficient (Wildman–Crippen LogP) is 4.82. The summed E-state index contributed by atoms with van der Waals surface area (Å²) < 4.78 is 8.07. The molecule has 2 aromatic carbocycles. The summed E-state index contributed by atoms with van der Waals surface area (Å²) in [5.41, 5.74) is 3.14. The molecule has 3 heterocycles. The van der Waals surface area contributed by atoms with E-state index in [0.29, 0.717) is 6.04 Å². The fraction of sp³-hybridized carbons (Fsp3) is 0.217. The molecule has 0 spiro atoms. The van der Waals surface area contributed by atoms with Crippen molar-refractivity contribution in [2.24, 2.45) is 0 Å². The largest absolute Gasteiger partial charge is 0.457 e. The third-order valence-electron chi connectivity index (χ3n) is 5.23. The number of nitrogens with one attached hydrogen (secondary N) is 1. The van der Waals surface area contributed by atoms with Gasteiger partial charge >= 0.3 is 0 Å². The SMILES string of the molecule is c1ccc(Oc2ccc(-c3nccc4cnn(C5CCCNC5)c34)cc2)cc1. The quantitative estimate of drug-likeness (QED) is 0.560. The fourth-order valence-electron chi connectivity index (χ4n) is 3.83. The maximum absolute atomic E-state index is 5.91. The molecule has 0 radical (unpaired) electrons. The Hall–Kier alpha value is -3.18. The number of piperidine rings is 1.